The van der Waals surface area contributed by atoms with Gasteiger partial charge in [0.1, 0.15) is 0 Å². The molecule has 9 heteroatoms. The fourth-order valence-corrected chi connectivity index (χ4v) is 2.96. The van der Waals surface area contributed by atoms with Crippen LogP contribution in [0.5, 0.6) is 0 Å². The summed E-state index contributed by atoms with van der Waals surface area (Å²) < 4.78 is 26.8. The maximum atomic E-state index is 12.3. The van der Waals surface area contributed by atoms with E-state index in [1.807, 2.05) is 0 Å². The van der Waals surface area contributed by atoms with Crippen LogP contribution in [0.25, 0.3) is 0 Å². The van der Waals surface area contributed by atoms with Gasteiger partial charge >= 0.3 is 11.9 Å². The van der Waals surface area contributed by atoms with Crippen molar-refractivity contribution in [2.24, 2.45) is 0 Å². The van der Waals surface area contributed by atoms with Crippen molar-refractivity contribution >= 4 is 33.3 Å². The Morgan fingerprint density at radius 3 is 2.17 bits per heavy atom. The highest BCUT2D eigenvalue weighted by atomic mass is 32.2. The molecular weight excluding hydrogens is 324 g/mol. The van der Waals surface area contributed by atoms with Crippen molar-refractivity contribution in [2.75, 3.05) is 10.5 Å². The third-order valence-electron chi connectivity index (χ3n) is 2.97. The van der Waals surface area contributed by atoms with E-state index in [1.54, 1.807) is 0 Å². The summed E-state index contributed by atoms with van der Waals surface area (Å²) >= 11 is 0. The van der Waals surface area contributed by atoms with Gasteiger partial charge in [-0.05, 0) is 30.3 Å². The first kappa shape index (κ1) is 16.3. The van der Waals surface area contributed by atoms with Crippen LogP contribution in [0.4, 0.5) is 11.4 Å². The van der Waals surface area contributed by atoms with Gasteiger partial charge in [-0.3, -0.25) is 4.72 Å². The predicted octanol–water partition coefficient (Wildman–Crippen LogP) is 1.47. The SMILES string of the molecule is Nc1ccc(S(=O)(=O)Nc2ccccc2C(=O)O)cc1C(=O)O. The molecule has 2 aromatic rings. The Morgan fingerprint density at radius 2 is 1.57 bits per heavy atom. The number of nitrogens with one attached hydrogen (secondary N) is 1. The average molecular weight is 336 g/mol. The van der Waals surface area contributed by atoms with Gasteiger partial charge in [0.25, 0.3) is 10.0 Å². The second-order valence-corrected chi connectivity index (χ2v) is 6.19. The number of carbonyl (C=O) groups is 2. The third-order valence-corrected chi connectivity index (χ3v) is 4.33. The number of carboxylic acids is 2. The van der Waals surface area contributed by atoms with E-state index in [0.29, 0.717) is 0 Å². The van der Waals surface area contributed by atoms with Gasteiger partial charge in [-0.2, -0.15) is 0 Å². The number of nitrogens with two attached hydrogens (primary N) is 1. The summed E-state index contributed by atoms with van der Waals surface area (Å²) in [4.78, 5) is 21.8. The van der Waals surface area contributed by atoms with Crippen LogP contribution in [-0.4, -0.2) is 30.6 Å². The number of para-hydroxylation sites is 1. The average Bonchev–Trinajstić information content (AvgIpc) is 2.47. The van der Waals surface area contributed by atoms with E-state index in [-0.39, 0.29) is 27.4 Å². The van der Waals surface area contributed by atoms with E-state index in [2.05, 4.69) is 4.72 Å². The van der Waals surface area contributed by atoms with Crippen LogP contribution in [0.15, 0.2) is 47.4 Å². The normalized spacial score (nSPS) is 11.0. The van der Waals surface area contributed by atoms with E-state index in [9.17, 15) is 18.0 Å². The molecule has 0 atom stereocenters. The third kappa shape index (κ3) is 3.40. The minimum atomic E-state index is -4.17. The largest absolute Gasteiger partial charge is 0.478 e. The predicted molar refractivity (Wildman–Crippen MR) is 82.0 cm³/mol. The molecule has 0 unspecified atom stereocenters. The van der Waals surface area contributed by atoms with Gasteiger partial charge in [0.2, 0.25) is 0 Å². The summed E-state index contributed by atoms with van der Waals surface area (Å²) in [6.45, 7) is 0. The van der Waals surface area contributed by atoms with E-state index >= 15 is 0 Å². The maximum Gasteiger partial charge on any atom is 0.337 e. The first-order chi connectivity index (χ1) is 10.7. The molecule has 0 saturated carbocycles. The number of carboxylic acid groups (broad SMARTS) is 2. The van der Waals surface area contributed by atoms with Gasteiger partial charge in [0, 0.05) is 5.69 Å². The second kappa shape index (κ2) is 5.97. The number of hydrogen-bond donors (Lipinski definition) is 4. The zero-order valence-corrected chi connectivity index (χ0v) is 12.4. The molecule has 0 spiro atoms. The highest BCUT2D eigenvalue weighted by molar-refractivity contribution is 7.92. The zero-order valence-electron chi connectivity index (χ0n) is 11.6. The smallest absolute Gasteiger partial charge is 0.337 e. The topological polar surface area (TPSA) is 147 Å². The van der Waals surface area contributed by atoms with Crippen molar-refractivity contribution in [1.29, 1.82) is 0 Å². The standard InChI is InChI=1S/C14H12N2O6S/c15-11-6-5-8(7-10(11)14(19)20)23(21,22)16-12-4-2-1-3-9(12)13(17)18/h1-7,16H,15H2,(H,17,18)(H,19,20). The lowest BCUT2D eigenvalue weighted by Gasteiger charge is -2.11. The summed E-state index contributed by atoms with van der Waals surface area (Å²) in [5.74, 6) is -2.67. The van der Waals surface area contributed by atoms with Crippen LogP contribution in [0.2, 0.25) is 0 Å². The van der Waals surface area contributed by atoms with Crippen molar-refractivity contribution in [2.45, 2.75) is 4.90 Å². The number of sulfonamides is 1. The van der Waals surface area contributed by atoms with E-state index in [1.165, 1.54) is 24.3 Å². The van der Waals surface area contributed by atoms with Crippen LogP contribution in [-0.2, 0) is 10.0 Å². The van der Waals surface area contributed by atoms with Crippen molar-refractivity contribution in [3.63, 3.8) is 0 Å². The Morgan fingerprint density at radius 1 is 0.957 bits per heavy atom. The monoisotopic (exact) mass is 336 g/mol. The summed E-state index contributed by atoms with van der Waals surface area (Å²) in [6.07, 6.45) is 0. The molecule has 5 N–H and O–H groups in total. The van der Waals surface area contributed by atoms with Crippen LogP contribution in [0, 0.1) is 0 Å². The molecule has 0 saturated heterocycles. The Hall–Kier alpha value is -3.07. The second-order valence-electron chi connectivity index (χ2n) is 4.51. The van der Waals surface area contributed by atoms with Crippen LogP contribution < -0.4 is 10.5 Å². The van der Waals surface area contributed by atoms with Gasteiger partial charge in [-0.15, -0.1) is 0 Å². The van der Waals surface area contributed by atoms with Crippen LogP contribution in [0.1, 0.15) is 20.7 Å². The molecule has 2 rings (SSSR count). The summed E-state index contributed by atoms with van der Waals surface area (Å²) in [6, 6.07) is 8.64. The Labute approximate surface area is 131 Å². The molecule has 0 aliphatic rings. The molecule has 0 aromatic heterocycles. The van der Waals surface area contributed by atoms with Gasteiger partial charge in [0.15, 0.2) is 0 Å². The number of aromatic carboxylic acids is 2. The Kier molecular flexibility index (Phi) is 4.23. The van der Waals surface area contributed by atoms with Crippen molar-refractivity contribution in [1.82, 2.24) is 0 Å². The quantitative estimate of drug-likeness (QED) is 0.604. The van der Waals surface area contributed by atoms with Gasteiger partial charge in [0.05, 0.1) is 21.7 Å². The molecule has 23 heavy (non-hydrogen) atoms. The van der Waals surface area contributed by atoms with Crippen molar-refractivity contribution in [3.05, 3.63) is 53.6 Å². The molecule has 8 nitrogen and oxygen atoms in total. The number of benzene rings is 2. The minimum absolute atomic E-state index is 0.0811. The van der Waals surface area contributed by atoms with E-state index in [4.69, 9.17) is 15.9 Å². The molecule has 0 aliphatic carbocycles. The van der Waals surface area contributed by atoms with Crippen LogP contribution >= 0.6 is 0 Å². The summed E-state index contributed by atoms with van der Waals surface area (Å²) in [5.41, 5.74) is 4.67. The summed E-state index contributed by atoms with van der Waals surface area (Å²) in [5, 5.41) is 18.0. The first-order valence-electron chi connectivity index (χ1n) is 6.20. The van der Waals surface area contributed by atoms with E-state index in [0.717, 1.165) is 18.2 Å². The van der Waals surface area contributed by atoms with Gasteiger partial charge in [-0.1, -0.05) is 12.1 Å². The molecule has 0 heterocycles. The zero-order chi connectivity index (χ0) is 17.2. The van der Waals surface area contributed by atoms with Gasteiger partial charge in [-0.25, -0.2) is 18.0 Å². The van der Waals surface area contributed by atoms with E-state index < -0.39 is 22.0 Å². The van der Waals surface area contributed by atoms with Crippen LogP contribution in [0.3, 0.4) is 0 Å². The van der Waals surface area contributed by atoms with Crippen molar-refractivity contribution in [3.8, 4) is 0 Å². The fourth-order valence-electron chi connectivity index (χ4n) is 1.85. The molecule has 120 valence electrons. The van der Waals surface area contributed by atoms with Crippen molar-refractivity contribution < 1.29 is 28.2 Å². The maximum absolute atomic E-state index is 12.3. The first-order valence-corrected chi connectivity index (χ1v) is 7.68. The number of hydrogen-bond acceptors (Lipinski definition) is 5. The highest BCUT2D eigenvalue weighted by Crippen LogP contribution is 2.23. The molecule has 0 bridgehead atoms. The fraction of sp³-hybridized carbons (Fsp3) is 0. The number of anilines is 2. The Bertz CT molecular complexity index is 892. The molecule has 0 fully saturated rings. The molecule has 0 amide bonds. The highest BCUT2D eigenvalue weighted by Gasteiger charge is 2.20. The number of rotatable bonds is 5. The number of nitrogen functional groups attached to an aromatic ring is 1. The molecule has 0 radical (unpaired) electrons. The lowest BCUT2D eigenvalue weighted by molar-refractivity contribution is 0.0687. The lowest BCUT2D eigenvalue weighted by atomic mass is 10.2. The molecule has 2 aromatic carbocycles. The molecular formula is C14H12N2O6S. The molecule has 0 aliphatic heterocycles. The van der Waals surface area contributed by atoms with Gasteiger partial charge < -0.3 is 15.9 Å². The lowest BCUT2D eigenvalue weighted by Crippen LogP contribution is -2.16. The Balaban J connectivity index is 2.47. The summed E-state index contributed by atoms with van der Waals surface area (Å²) in [7, 11) is -4.17. The minimum Gasteiger partial charge on any atom is -0.478 e.